The lowest BCUT2D eigenvalue weighted by molar-refractivity contribution is -0.113. The van der Waals surface area contributed by atoms with Crippen LogP contribution in [-0.2, 0) is 29.4 Å². The minimum atomic E-state index is -0.378. The zero-order chi connectivity index (χ0) is 20.3. The Morgan fingerprint density at radius 1 is 1.25 bits per heavy atom. The van der Waals surface area contributed by atoms with Gasteiger partial charge in [-0.1, -0.05) is 32.0 Å². The van der Waals surface area contributed by atoms with Crippen molar-refractivity contribution in [2.45, 2.75) is 57.0 Å². The van der Waals surface area contributed by atoms with E-state index in [1.807, 2.05) is 11.6 Å². The van der Waals surface area contributed by atoms with Crippen LogP contribution in [0.15, 0.2) is 5.16 Å². The summed E-state index contributed by atoms with van der Waals surface area (Å²) in [5.41, 5.74) is 1.58. The van der Waals surface area contributed by atoms with Gasteiger partial charge in [-0.05, 0) is 31.2 Å². The molecule has 0 bridgehead atoms. The van der Waals surface area contributed by atoms with Gasteiger partial charge in [0.2, 0.25) is 5.91 Å². The molecule has 0 spiro atoms. The molecule has 0 aromatic carbocycles. The number of hydrogen-bond acceptors (Lipinski definition) is 7. The molecule has 0 aliphatic heterocycles. The van der Waals surface area contributed by atoms with Crippen LogP contribution in [0.3, 0.4) is 0 Å². The van der Waals surface area contributed by atoms with Crippen LogP contribution in [0.5, 0.6) is 0 Å². The highest BCUT2D eigenvalue weighted by Gasteiger charge is 2.26. The summed E-state index contributed by atoms with van der Waals surface area (Å²) in [5.74, 6) is 0.813. The van der Waals surface area contributed by atoms with E-state index in [-0.39, 0.29) is 23.5 Å². The smallest absolute Gasteiger partial charge is 0.341 e. The van der Waals surface area contributed by atoms with Gasteiger partial charge >= 0.3 is 5.97 Å². The number of carbonyl (C=O) groups is 2. The number of carbonyl (C=O) groups excluding carboxylic acids is 2. The zero-order valence-electron chi connectivity index (χ0n) is 16.7. The first-order valence-corrected chi connectivity index (χ1v) is 11.3. The van der Waals surface area contributed by atoms with Gasteiger partial charge in [0.25, 0.3) is 0 Å². The Morgan fingerprint density at radius 2 is 2.00 bits per heavy atom. The summed E-state index contributed by atoms with van der Waals surface area (Å²) in [5, 5.41) is 12.6. The molecule has 1 aliphatic rings. The van der Waals surface area contributed by atoms with Crippen molar-refractivity contribution >= 4 is 40.0 Å². The van der Waals surface area contributed by atoms with Crippen LogP contribution in [-0.4, -0.2) is 39.5 Å². The number of esters is 1. The summed E-state index contributed by atoms with van der Waals surface area (Å²) in [6, 6.07) is 0. The molecule has 0 unspecified atom stereocenters. The number of aromatic nitrogens is 3. The number of nitrogens with zero attached hydrogens (tertiary/aromatic N) is 3. The molecule has 2 heterocycles. The van der Waals surface area contributed by atoms with E-state index in [1.165, 1.54) is 35.1 Å². The monoisotopic (exact) mass is 422 g/mol. The molecule has 1 aliphatic carbocycles. The number of thioether (sulfide) groups is 1. The van der Waals surface area contributed by atoms with Crippen LogP contribution >= 0.6 is 23.1 Å². The number of rotatable bonds is 6. The second-order valence-corrected chi connectivity index (χ2v) is 9.20. The van der Waals surface area contributed by atoms with Gasteiger partial charge in [-0.3, -0.25) is 4.79 Å². The third kappa shape index (κ3) is 4.41. The summed E-state index contributed by atoms with van der Waals surface area (Å²) >= 11 is 2.84. The standard InChI is InChI=1S/C19H26N4O3S2/c1-11(2)16-21-22-19(23(16)3)27-10-14(24)20-17-15(18(25)26-4)12-8-6-5-7-9-13(12)28-17/h11H,5-10H2,1-4H3,(H,20,24). The molecule has 0 saturated heterocycles. The summed E-state index contributed by atoms with van der Waals surface area (Å²) < 4.78 is 6.90. The second kappa shape index (κ2) is 9.09. The topological polar surface area (TPSA) is 86.1 Å². The molecule has 1 N–H and O–H groups in total. The van der Waals surface area contributed by atoms with Crippen molar-refractivity contribution in [3.63, 3.8) is 0 Å². The fourth-order valence-electron chi connectivity index (χ4n) is 3.40. The Bertz CT molecular complexity index is 873. The number of anilines is 1. The minimum absolute atomic E-state index is 0.166. The molecule has 0 radical (unpaired) electrons. The van der Waals surface area contributed by atoms with Gasteiger partial charge in [0.15, 0.2) is 5.16 Å². The quantitative estimate of drug-likeness (QED) is 0.433. The van der Waals surface area contributed by atoms with E-state index in [0.717, 1.165) is 43.5 Å². The van der Waals surface area contributed by atoms with Crippen LogP contribution in [0.25, 0.3) is 0 Å². The zero-order valence-corrected chi connectivity index (χ0v) is 18.3. The lowest BCUT2D eigenvalue weighted by atomic mass is 10.1. The predicted octanol–water partition coefficient (Wildman–Crippen LogP) is 3.79. The maximum absolute atomic E-state index is 12.5. The van der Waals surface area contributed by atoms with Gasteiger partial charge in [-0.25, -0.2) is 4.79 Å². The number of ether oxygens (including phenoxy) is 1. The first-order chi connectivity index (χ1) is 13.4. The molecule has 0 saturated carbocycles. The van der Waals surface area contributed by atoms with Crippen molar-refractivity contribution in [2.75, 3.05) is 18.2 Å². The molecule has 28 heavy (non-hydrogen) atoms. The summed E-state index contributed by atoms with van der Waals surface area (Å²) in [4.78, 5) is 26.1. The molecule has 0 fully saturated rings. The molecule has 152 valence electrons. The third-order valence-electron chi connectivity index (χ3n) is 4.78. The van der Waals surface area contributed by atoms with Gasteiger partial charge in [-0.15, -0.1) is 21.5 Å². The van der Waals surface area contributed by atoms with Crippen LogP contribution in [0.4, 0.5) is 5.00 Å². The van der Waals surface area contributed by atoms with E-state index >= 15 is 0 Å². The fraction of sp³-hybridized carbons (Fsp3) is 0.579. The number of hydrogen-bond donors (Lipinski definition) is 1. The highest BCUT2D eigenvalue weighted by atomic mass is 32.2. The molecule has 2 aromatic rings. The van der Waals surface area contributed by atoms with Crippen LogP contribution in [0.1, 0.15) is 65.7 Å². The largest absolute Gasteiger partial charge is 0.465 e. The maximum Gasteiger partial charge on any atom is 0.341 e. The maximum atomic E-state index is 12.5. The first kappa shape index (κ1) is 20.9. The number of amides is 1. The summed E-state index contributed by atoms with van der Waals surface area (Å²) in [6.45, 7) is 4.11. The van der Waals surface area contributed by atoms with Crippen molar-refractivity contribution in [1.82, 2.24) is 14.8 Å². The molecule has 1 amide bonds. The minimum Gasteiger partial charge on any atom is -0.465 e. The molecular weight excluding hydrogens is 396 g/mol. The van der Waals surface area contributed by atoms with Crippen molar-refractivity contribution < 1.29 is 14.3 Å². The normalized spacial score (nSPS) is 13.9. The van der Waals surface area contributed by atoms with Gasteiger partial charge in [0, 0.05) is 17.8 Å². The van der Waals surface area contributed by atoms with E-state index in [2.05, 4.69) is 29.4 Å². The van der Waals surface area contributed by atoms with Gasteiger partial charge in [0.05, 0.1) is 18.4 Å². The molecule has 2 aromatic heterocycles. The van der Waals surface area contributed by atoms with Crippen molar-refractivity contribution in [2.24, 2.45) is 7.05 Å². The van der Waals surface area contributed by atoms with E-state index in [0.29, 0.717) is 15.7 Å². The summed E-state index contributed by atoms with van der Waals surface area (Å²) in [6.07, 6.45) is 5.14. The Balaban J connectivity index is 1.72. The van der Waals surface area contributed by atoms with E-state index < -0.39 is 0 Å². The van der Waals surface area contributed by atoms with Gasteiger partial charge < -0.3 is 14.6 Å². The van der Waals surface area contributed by atoms with E-state index in [9.17, 15) is 9.59 Å². The first-order valence-electron chi connectivity index (χ1n) is 9.47. The average molecular weight is 423 g/mol. The number of methoxy groups -OCH3 is 1. The second-order valence-electron chi connectivity index (χ2n) is 7.15. The predicted molar refractivity (Wildman–Crippen MR) is 111 cm³/mol. The number of aryl methyl sites for hydroxylation is 1. The number of fused-ring (bicyclic) bond motifs is 1. The Labute approximate surface area is 173 Å². The van der Waals surface area contributed by atoms with Crippen LogP contribution < -0.4 is 5.32 Å². The number of nitrogens with one attached hydrogen (secondary N) is 1. The van der Waals surface area contributed by atoms with Crippen molar-refractivity contribution in [3.05, 3.63) is 21.8 Å². The van der Waals surface area contributed by atoms with Crippen LogP contribution in [0, 0.1) is 0 Å². The molecule has 9 heteroatoms. The van der Waals surface area contributed by atoms with Gasteiger partial charge in [-0.2, -0.15) is 0 Å². The molecule has 7 nitrogen and oxygen atoms in total. The SMILES string of the molecule is COC(=O)c1c(NC(=O)CSc2nnc(C(C)C)n2C)sc2c1CCCCC2. The Hall–Kier alpha value is -1.87. The van der Waals surface area contributed by atoms with Gasteiger partial charge in [0.1, 0.15) is 10.8 Å². The summed E-state index contributed by atoms with van der Waals surface area (Å²) in [7, 11) is 3.28. The lowest BCUT2D eigenvalue weighted by Gasteiger charge is -2.08. The van der Waals surface area contributed by atoms with Crippen molar-refractivity contribution in [3.8, 4) is 0 Å². The van der Waals surface area contributed by atoms with Crippen LogP contribution in [0.2, 0.25) is 0 Å². The van der Waals surface area contributed by atoms with E-state index in [1.54, 1.807) is 0 Å². The molecule has 3 rings (SSSR count). The molecular formula is C19H26N4O3S2. The van der Waals surface area contributed by atoms with E-state index in [4.69, 9.17) is 4.74 Å². The third-order valence-corrected chi connectivity index (χ3v) is 7.01. The highest BCUT2D eigenvalue weighted by molar-refractivity contribution is 7.99. The number of thiophene rings is 1. The molecule has 0 atom stereocenters. The Morgan fingerprint density at radius 3 is 2.68 bits per heavy atom. The lowest BCUT2D eigenvalue weighted by Crippen LogP contribution is -2.16. The highest BCUT2D eigenvalue weighted by Crippen LogP contribution is 2.38. The Kier molecular flexibility index (Phi) is 6.77. The fourth-order valence-corrected chi connectivity index (χ4v) is 5.41. The average Bonchev–Trinajstić information content (AvgIpc) is 3.10. The van der Waals surface area contributed by atoms with Crippen molar-refractivity contribution in [1.29, 1.82) is 0 Å².